The van der Waals surface area contributed by atoms with Crippen LogP contribution in [0.3, 0.4) is 0 Å². The molecule has 0 aromatic heterocycles. The Morgan fingerprint density at radius 3 is 2.42 bits per heavy atom. The summed E-state index contributed by atoms with van der Waals surface area (Å²) in [6.07, 6.45) is 7.90. The Morgan fingerprint density at radius 2 is 1.71 bits per heavy atom. The molecule has 24 heavy (non-hydrogen) atoms. The minimum absolute atomic E-state index is 0.0885. The monoisotopic (exact) mass is 353 g/mol. The number of nitrogens with zero attached hydrogens (tertiary/aromatic N) is 1. The molecule has 0 atom stereocenters. The lowest BCUT2D eigenvalue weighted by Gasteiger charge is -2.06. The highest BCUT2D eigenvalue weighted by Gasteiger charge is 2.12. The summed E-state index contributed by atoms with van der Waals surface area (Å²) in [5.74, 6) is 0.492. The third-order valence-electron chi connectivity index (χ3n) is 3.79. The average molecular weight is 354 g/mol. The van der Waals surface area contributed by atoms with E-state index in [0.717, 1.165) is 13.0 Å². The summed E-state index contributed by atoms with van der Waals surface area (Å²) >= 11 is 0. The van der Waals surface area contributed by atoms with Crippen LogP contribution in [0.5, 0.6) is 0 Å². The molecule has 0 spiro atoms. The number of nitrogens with two attached hydrogens (primary N) is 1. The van der Waals surface area contributed by atoms with Gasteiger partial charge in [0.2, 0.25) is 0 Å². The number of hydrogen-bond donors (Lipinski definition) is 2. The van der Waals surface area contributed by atoms with E-state index in [4.69, 9.17) is 5.73 Å². The standard InChI is InChI=1S/C18H31N3O2S/c1-2-3-4-5-6-10-14-20-18(19)21-15-11-16-24(22,23)17-12-8-7-9-13-17/h7-9,12-13H,2-6,10-11,14-16H2,1H3,(H3,19,20,21). The fourth-order valence-electron chi connectivity index (χ4n) is 2.38. The second-order valence-electron chi connectivity index (χ2n) is 5.95. The molecule has 1 aromatic carbocycles. The Hall–Kier alpha value is -1.56. The Labute approximate surface area is 146 Å². The van der Waals surface area contributed by atoms with Crippen molar-refractivity contribution in [3.8, 4) is 0 Å². The number of nitrogens with one attached hydrogen (secondary N) is 1. The first-order valence-corrected chi connectivity index (χ1v) is 10.5. The molecule has 3 N–H and O–H groups in total. The van der Waals surface area contributed by atoms with Crippen molar-refractivity contribution in [2.45, 2.75) is 56.8 Å². The number of benzene rings is 1. The highest BCUT2D eigenvalue weighted by atomic mass is 32.2. The van der Waals surface area contributed by atoms with E-state index >= 15 is 0 Å². The number of sulfone groups is 1. The zero-order chi connectivity index (χ0) is 17.7. The van der Waals surface area contributed by atoms with Crippen molar-refractivity contribution in [1.82, 2.24) is 5.32 Å². The zero-order valence-corrected chi connectivity index (χ0v) is 15.5. The third kappa shape index (κ3) is 8.91. The van der Waals surface area contributed by atoms with Gasteiger partial charge in [-0.25, -0.2) is 8.42 Å². The molecule has 0 unspecified atom stereocenters. The first-order chi connectivity index (χ1) is 11.6. The second-order valence-corrected chi connectivity index (χ2v) is 8.06. The lowest BCUT2D eigenvalue weighted by atomic mass is 10.1. The number of aliphatic imine (C=N–C) groups is 1. The van der Waals surface area contributed by atoms with E-state index in [1.165, 1.54) is 32.1 Å². The average Bonchev–Trinajstić information content (AvgIpc) is 2.59. The topological polar surface area (TPSA) is 84.5 Å². The van der Waals surface area contributed by atoms with Crippen LogP contribution in [-0.2, 0) is 9.84 Å². The molecule has 0 bridgehead atoms. The Kier molecular flexibility index (Phi) is 10.2. The molecule has 136 valence electrons. The number of unbranched alkanes of at least 4 members (excludes halogenated alkanes) is 5. The van der Waals surface area contributed by atoms with Crippen LogP contribution in [-0.4, -0.2) is 33.2 Å². The molecule has 0 heterocycles. The molecule has 1 rings (SSSR count). The van der Waals surface area contributed by atoms with Crippen LogP contribution in [0.15, 0.2) is 40.2 Å². The summed E-state index contributed by atoms with van der Waals surface area (Å²) in [5, 5.41) is 3.08. The van der Waals surface area contributed by atoms with Gasteiger partial charge in [-0.3, -0.25) is 4.99 Å². The minimum Gasteiger partial charge on any atom is -0.370 e. The molecular formula is C18H31N3O2S. The van der Waals surface area contributed by atoms with Crippen LogP contribution in [0.2, 0.25) is 0 Å². The van der Waals surface area contributed by atoms with Crippen molar-refractivity contribution >= 4 is 15.8 Å². The van der Waals surface area contributed by atoms with E-state index in [1.807, 2.05) is 0 Å². The summed E-state index contributed by atoms with van der Waals surface area (Å²) in [4.78, 5) is 4.55. The molecular weight excluding hydrogens is 322 g/mol. The lowest BCUT2D eigenvalue weighted by Crippen LogP contribution is -2.32. The summed E-state index contributed by atoms with van der Waals surface area (Å²) < 4.78 is 24.2. The maximum Gasteiger partial charge on any atom is 0.188 e. The van der Waals surface area contributed by atoms with Crippen LogP contribution >= 0.6 is 0 Å². The molecule has 5 nitrogen and oxygen atoms in total. The Morgan fingerprint density at radius 1 is 1.04 bits per heavy atom. The van der Waals surface area contributed by atoms with Gasteiger partial charge in [-0.05, 0) is 25.0 Å². The molecule has 0 saturated carbocycles. The fourth-order valence-corrected chi connectivity index (χ4v) is 3.69. The van der Waals surface area contributed by atoms with Crippen molar-refractivity contribution in [2.24, 2.45) is 10.7 Å². The van der Waals surface area contributed by atoms with Gasteiger partial charge in [0.05, 0.1) is 10.6 Å². The molecule has 0 radical (unpaired) electrons. The predicted octanol–water partition coefficient (Wildman–Crippen LogP) is 3.12. The van der Waals surface area contributed by atoms with E-state index in [-0.39, 0.29) is 5.75 Å². The second kappa shape index (κ2) is 11.9. The van der Waals surface area contributed by atoms with Gasteiger partial charge in [0.15, 0.2) is 15.8 Å². The fraction of sp³-hybridized carbons (Fsp3) is 0.611. The van der Waals surface area contributed by atoms with Crippen molar-refractivity contribution < 1.29 is 8.42 Å². The third-order valence-corrected chi connectivity index (χ3v) is 5.61. The van der Waals surface area contributed by atoms with Crippen LogP contribution in [0, 0.1) is 0 Å². The van der Waals surface area contributed by atoms with Crippen molar-refractivity contribution in [3.63, 3.8) is 0 Å². The maximum atomic E-state index is 12.1. The number of hydrogen-bond acceptors (Lipinski definition) is 3. The van der Waals surface area contributed by atoms with Crippen LogP contribution in [0.25, 0.3) is 0 Å². The van der Waals surface area contributed by atoms with E-state index in [1.54, 1.807) is 30.3 Å². The normalized spacial score (nSPS) is 12.3. The maximum absolute atomic E-state index is 12.1. The highest BCUT2D eigenvalue weighted by molar-refractivity contribution is 7.91. The van der Waals surface area contributed by atoms with E-state index < -0.39 is 9.84 Å². The van der Waals surface area contributed by atoms with Crippen molar-refractivity contribution in [1.29, 1.82) is 0 Å². The molecule has 0 amide bonds. The van der Waals surface area contributed by atoms with Crippen LogP contribution in [0.1, 0.15) is 51.9 Å². The molecule has 0 fully saturated rings. The summed E-state index contributed by atoms with van der Waals surface area (Å²) in [6.45, 7) is 3.45. The predicted molar refractivity (Wildman–Crippen MR) is 101 cm³/mol. The number of rotatable bonds is 12. The van der Waals surface area contributed by atoms with Crippen molar-refractivity contribution in [2.75, 3.05) is 18.8 Å². The van der Waals surface area contributed by atoms with Crippen LogP contribution in [0.4, 0.5) is 0 Å². The van der Waals surface area contributed by atoms with Gasteiger partial charge in [0, 0.05) is 13.1 Å². The molecule has 1 aromatic rings. The first-order valence-electron chi connectivity index (χ1n) is 8.88. The molecule has 0 aliphatic heterocycles. The van der Waals surface area contributed by atoms with E-state index in [2.05, 4.69) is 17.2 Å². The summed E-state index contributed by atoms with van der Waals surface area (Å²) in [6, 6.07) is 8.51. The Bertz CT molecular complexity index is 571. The molecule has 0 aliphatic rings. The minimum atomic E-state index is -3.22. The lowest BCUT2D eigenvalue weighted by molar-refractivity contribution is 0.593. The first kappa shape index (κ1) is 20.5. The van der Waals surface area contributed by atoms with Crippen molar-refractivity contribution in [3.05, 3.63) is 30.3 Å². The van der Waals surface area contributed by atoms with Gasteiger partial charge in [-0.1, -0.05) is 57.2 Å². The van der Waals surface area contributed by atoms with Gasteiger partial charge >= 0.3 is 0 Å². The van der Waals surface area contributed by atoms with Gasteiger partial charge < -0.3 is 11.1 Å². The van der Waals surface area contributed by atoms with Crippen LogP contribution < -0.4 is 11.1 Å². The zero-order valence-electron chi connectivity index (χ0n) is 14.7. The van der Waals surface area contributed by atoms with Gasteiger partial charge in [0.1, 0.15) is 0 Å². The largest absolute Gasteiger partial charge is 0.370 e. The van der Waals surface area contributed by atoms with Gasteiger partial charge in [0.25, 0.3) is 0 Å². The van der Waals surface area contributed by atoms with E-state index in [0.29, 0.717) is 23.8 Å². The molecule has 0 aliphatic carbocycles. The smallest absolute Gasteiger partial charge is 0.188 e. The molecule has 0 saturated heterocycles. The van der Waals surface area contributed by atoms with E-state index in [9.17, 15) is 8.42 Å². The molecule has 6 heteroatoms. The SMILES string of the molecule is CCCCCCCCNC(N)=NCCCS(=O)(=O)c1ccccc1. The van der Waals surface area contributed by atoms with Gasteiger partial charge in [-0.15, -0.1) is 0 Å². The van der Waals surface area contributed by atoms with Gasteiger partial charge in [-0.2, -0.15) is 0 Å². The highest BCUT2D eigenvalue weighted by Crippen LogP contribution is 2.10. The number of guanidine groups is 1. The summed E-state index contributed by atoms with van der Waals surface area (Å²) in [5.41, 5.74) is 5.79. The Balaban J connectivity index is 2.15. The quantitative estimate of drug-likeness (QED) is 0.343. The summed E-state index contributed by atoms with van der Waals surface area (Å²) in [7, 11) is -3.22.